The van der Waals surface area contributed by atoms with E-state index in [9.17, 15) is 4.79 Å². The van der Waals surface area contributed by atoms with Gasteiger partial charge in [-0.3, -0.25) is 4.79 Å². The molecule has 2 rings (SSSR count). The molecule has 1 unspecified atom stereocenters. The number of nitrogen functional groups attached to an aromatic ring is 1. The highest BCUT2D eigenvalue weighted by Crippen LogP contribution is 2.37. The molecule has 102 valence electrons. The van der Waals surface area contributed by atoms with E-state index in [0.29, 0.717) is 17.1 Å². The average Bonchev–Trinajstić information content (AvgIpc) is 2.74. The summed E-state index contributed by atoms with van der Waals surface area (Å²) in [4.78, 5) is 12.7. The van der Waals surface area contributed by atoms with Crippen LogP contribution in [0.25, 0.3) is 10.1 Å². The van der Waals surface area contributed by atoms with Crippen molar-refractivity contribution in [2.24, 2.45) is 0 Å². The van der Waals surface area contributed by atoms with E-state index in [2.05, 4.69) is 21.2 Å². The third-order valence-electron chi connectivity index (χ3n) is 2.86. The van der Waals surface area contributed by atoms with Gasteiger partial charge in [-0.25, -0.2) is 0 Å². The summed E-state index contributed by atoms with van der Waals surface area (Å²) in [5, 5.41) is 3.72. The van der Waals surface area contributed by atoms with Crippen LogP contribution in [0.2, 0.25) is 0 Å². The molecule has 0 aliphatic heterocycles. The molecule has 1 aromatic carbocycles. The van der Waals surface area contributed by atoms with Crippen LogP contribution in [0.3, 0.4) is 0 Å². The number of benzene rings is 1. The van der Waals surface area contributed by atoms with E-state index >= 15 is 0 Å². The monoisotopic (exact) mass is 342 g/mol. The third-order valence-corrected chi connectivity index (χ3v) is 4.69. The van der Waals surface area contributed by atoms with Crippen molar-refractivity contribution in [3.8, 4) is 0 Å². The van der Waals surface area contributed by atoms with Crippen LogP contribution in [0, 0.1) is 0 Å². The molecule has 2 aromatic rings. The van der Waals surface area contributed by atoms with Crippen molar-refractivity contribution in [2.45, 2.75) is 13.0 Å². The molecule has 0 saturated heterocycles. The van der Waals surface area contributed by atoms with Crippen molar-refractivity contribution in [3.63, 3.8) is 0 Å². The van der Waals surface area contributed by atoms with E-state index in [4.69, 9.17) is 10.5 Å². The molecule has 1 heterocycles. The summed E-state index contributed by atoms with van der Waals surface area (Å²) in [6.45, 7) is 2.36. The van der Waals surface area contributed by atoms with Crippen LogP contribution in [-0.4, -0.2) is 25.7 Å². The minimum absolute atomic E-state index is 0.0220. The van der Waals surface area contributed by atoms with Crippen molar-refractivity contribution >= 4 is 48.9 Å². The highest BCUT2D eigenvalue weighted by atomic mass is 79.9. The lowest BCUT2D eigenvalue weighted by Crippen LogP contribution is -2.31. The number of hydrogen-bond donors (Lipinski definition) is 2. The first kappa shape index (κ1) is 14.3. The predicted molar refractivity (Wildman–Crippen MR) is 82.7 cm³/mol. The minimum atomic E-state index is -0.158. The van der Waals surface area contributed by atoms with Gasteiger partial charge in [0, 0.05) is 28.2 Å². The van der Waals surface area contributed by atoms with Crippen molar-refractivity contribution in [1.29, 1.82) is 0 Å². The molecule has 4 nitrogen and oxygen atoms in total. The van der Waals surface area contributed by atoms with Crippen LogP contribution in [0.5, 0.6) is 0 Å². The van der Waals surface area contributed by atoms with Gasteiger partial charge in [-0.05, 0) is 19.1 Å². The second-order valence-electron chi connectivity index (χ2n) is 4.21. The fourth-order valence-corrected chi connectivity index (χ4v) is 3.47. The first-order valence-electron chi connectivity index (χ1n) is 5.82. The molecule has 0 fully saturated rings. The topological polar surface area (TPSA) is 64.3 Å². The van der Waals surface area contributed by atoms with Crippen molar-refractivity contribution in [1.82, 2.24) is 5.32 Å². The van der Waals surface area contributed by atoms with Gasteiger partial charge in [0.15, 0.2) is 0 Å². The maximum Gasteiger partial charge on any atom is 0.263 e. The van der Waals surface area contributed by atoms with Crippen LogP contribution in [0.1, 0.15) is 16.6 Å². The van der Waals surface area contributed by atoms with Crippen LogP contribution < -0.4 is 11.1 Å². The number of methoxy groups -OCH3 is 1. The maximum absolute atomic E-state index is 12.1. The largest absolute Gasteiger partial charge is 0.397 e. The van der Waals surface area contributed by atoms with E-state index in [1.165, 1.54) is 11.3 Å². The van der Waals surface area contributed by atoms with Gasteiger partial charge in [0.1, 0.15) is 4.88 Å². The van der Waals surface area contributed by atoms with Crippen LogP contribution in [0.4, 0.5) is 5.69 Å². The van der Waals surface area contributed by atoms with Crippen molar-refractivity contribution in [3.05, 3.63) is 27.5 Å². The summed E-state index contributed by atoms with van der Waals surface area (Å²) < 4.78 is 7.00. The second kappa shape index (κ2) is 5.90. The number of halogens is 1. The zero-order chi connectivity index (χ0) is 14.0. The first-order valence-corrected chi connectivity index (χ1v) is 7.43. The zero-order valence-corrected chi connectivity index (χ0v) is 13.1. The van der Waals surface area contributed by atoms with E-state index < -0.39 is 0 Å². The van der Waals surface area contributed by atoms with Gasteiger partial charge in [-0.2, -0.15) is 0 Å². The molecule has 1 atom stereocenters. The smallest absolute Gasteiger partial charge is 0.263 e. The Morgan fingerprint density at radius 2 is 2.32 bits per heavy atom. The van der Waals surface area contributed by atoms with Crippen LogP contribution in [-0.2, 0) is 4.74 Å². The number of rotatable bonds is 4. The SMILES string of the molecule is COC(C)CNC(=O)c1sc2cccc(Br)c2c1N. The summed E-state index contributed by atoms with van der Waals surface area (Å²) >= 11 is 4.86. The van der Waals surface area contributed by atoms with Gasteiger partial charge in [0.25, 0.3) is 5.91 Å². The predicted octanol–water partition coefficient (Wildman–Crippen LogP) is 3.01. The molecule has 1 aromatic heterocycles. The number of hydrogen-bond acceptors (Lipinski definition) is 4. The van der Waals surface area contributed by atoms with Gasteiger partial charge >= 0.3 is 0 Å². The Balaban J connectivity index is 2.28. The molecule has 19 heavy (non-hydrogen) atoms. The van der Waals surface area contributed by atoms with Crippen LogP contribution in [0.15, 0.2) is 22.7 Å². The summed E-state index contributed by atoms with van der Waals surface area (Å²) in [5.74, 6) is -0.158. The summed E-state index contributed by atoms with van der Waals surface area (Å²) in [6.07, 6.45) is -0.0220. The lowest BCUT2D eigenvalue weighted by Gasteiger charge is -2.10. The maximum atomic E-state index is 12.1. The summed E-state index contributed by atoms with van der Waals surface area (Å²) in [5.41, 5.74) is 6.59. The van der Waals surface area contributed by atoms with Gasteiger partial charge in [-0.1, -0.05) is 22.0 Å². The average molecular weight is 343 g/mol. The molecule has 0 saturated carbocycles. The molecule has 1 amide bonds. The summed E-state index contributed by atoms with van der Waals surface area (Å²) in [7, 11) is 1.61. The van der Waals surface area contributed by atoms with Crippen molar-refractivity contribution < 1.29 is 9.53 Å². The number of nitrogens with two attached hydrogens (primary N) is 1. The molecule has 0 spiro atoms. The Labute approximate surface area is 124 Å². The Morgan fingerprint density at radius 3 is 2.95 bits per heavy atom. The molecule has 0 bridgehead atoms. The van der Waals surface area contributed by atoms with E-state index in [-0.39, 0.29) is 12.0 Å². The van der Waals surface area contributed by atoms with Gasteiger partial charge < -0.3 is 15.8 Å². The fourth-order valence-electron chi connectivity index (χ4n) is 1.70. The lowest BCUT2D eigenvalue weighted by molar-refractivity contribution is 0.0874. The Morgan fingerprint density at radius 1 is 1.58 bits per heavy atom. The third kappa shape index (κ3) is 2.91. The fraction of sp³-hybridized carbons (Fsp3) is 0.308. The normalized spacial score (nSPS) is 12.6. The summed E-state index contributed by atoms with van der Waals surface area (Å²) in [6, 6.07) is 5.80. The molecular formula is C13H15BrN2O2S. The minimum Gasteiger partial charge on any atom is -0.397 e. The van der Waals surface area contributed by atoms with E-state index in [1.54, 1.807) is 7.11 Å². The number of carbonyl (C=O) groups excluding carboxylic acids is 1. The molecule has 3 N–H and O–H groups in total. The number of thiophene rings is 1. The highest BCUT2D eigenvalue weighted by molar-refractivity contribution is 9.10. The number of fused-ring (bicyclic) bond motifs is 1. The van der Waals surface area contributed by atoms with Gasteiger partial charge in [0.05, 0.1) is 11.8 Å². The molecule has 0 aliphatic carbocycles. The van der Waals surface area contributed by atoms with Gasteiger partial charge in [-0.15, -0.1) is 11.3 Å². The number of ether oxygens (including phenoxy) is 1. The first-order chi connectivity index (χ1) is 9.04. The number of nitrogens with one attached hydrogen (secondary N) is 1. The quantitative estimate of drug-likeness (QED) is 0.897. The van der Waals surface area contributed by atoms with Crippen molar-refractivity contribution in [2.75, 3.05) is 19.4 Å². The molecule has 0 aliphatic rings. The van der Waals surface area contributed by atoms with E-state index in [0.717, 1.165) is 14.6 Å². The van der Waals surface area contributed by atoms with Gasteiger partial charge in [0.2, 0.25) is 0 Å². The Kier molecular flexibility index (Phi) is 4.44. The second-order valence-corrected chi connectivity index (χ2v) is 6.12. The van der Waals surface area contributed by atoms with Crippen LogP contribution >= 0.6 is 27.3 Å². The highest BCUT2D eigenvalue weighted by Gasteiger charge is 2.18. The Hall–Kier alpha value is -1.11. The molecule has 0 radical (unpaired) electrons. The Bertz CT molecular complexity index is 612. The zero-order valence-electron chi connectivity index (χ0n) is 10.7. The number of amides is 1. The molecule has 6 heteroatoms. The lowest BCUT2D eigenvalue weighted by atomic mass is 10.2. The standard InChI is InChI=1S/C13H15BrN2O2S/c1-7(18-2)6-16-13(17)12-11(15)10-8(14)4-3-5-9(10)19-12/h3-5,7H,6,15H2,1-2H3,(H,16,17). The van der Waals surface area contributed by atoms with E-state index in [1.807, 2.05) is 25.1 Å². The molecular weight excluding hydrogens is 328 g/mol. The number of anilines is 1. The number of carbonyl (C=O) groups is 1.